The summed E-state index contributed by atoms with van der Waals surface area (Å²) in [6, 6.07) is 9.67. The van der Waals surface area contributed by atoms with E-state index in [0.29, 0.717) is 0 Å². The fourth-order valence-electron chi connectivity index (χ4n) is 2.21. The predicted molar refractivity (Wildman–Crippen MR) is 84.0 cm³/mol. The minimum Gasteiger partial charge on any atom is -0.361 e. The first-order valence-corrected chi connectivity index (χ1v) is 6.70. The zero-order valence-electron chi connectivity index (χ0n) is 10.9. The molecule has 0 aliphatic heterocycles. The van der Waals surface area contributed by atoms with Crippen LogP contribution in [0.2, 0.25) is 5.02 Å². The van der Waals surface area contributed by atoms with Gasteiger partial charge in [0.25, 0.3) is 0 Å². The molecule has 20 heavy (non-hydrogen) atoms. The molecule has 1 aromatic carbocycles. The smallest absolute Gasteiger partial charge is 0.0457 e. The average molecular weight is 284 g/mol. The first-order valence-electron chi connectivity index (χ1n) is 6.33. The Bertz CT molecular complexity index is 747. The van der Waals surface area contributed by atoms with Crippen LogP contribution in [0.1, 0.15) is 5.56 Å². The standard InChI is InChI=1S/C16H14ClN3/c1-11(20-14-4-6-18-7-5-14)8-12-10-19-16-3-2-13(17)9-15(12)16/h2-7,9-10,19H,1,8H2,(H,18,20). The molecule has 0 spiro atoms. The molecular formula is C16H14ClN3. The van der Waals surface area contributed by atoms with E-state index in [9.17, 15) is 0 Å². The molecule has 0 aliphatic carbocycles. The molecule has 0 saturated heterocycles. The van der Waals surface area contributed by atoms with Crippen LogP contribution in [0.5, 0.6) is 0 Å². The predicted octanol–water partition coefficient (Wildman–Crippen LogP) is 4.38. The van der Waals surface area contributed by atoms with Gasteiger partial charge in [-0.2, -0.15) is 0 Å². The maximum absolute atomic E-state index is 6.05. The number of rotatable bonds is 4. The van der Waals surface area contributed by atoms with Crippen molar-refractivity contribution in [1.82, 2.24) is 9.97 Å². The lowest BCUT2D eigenvalue weighted by Crippen LogP contribution is -2.01. The van der Waals surface area contributed by atoms with E-state index in [2.05, 4.69) is 21.9 Å². The maximum Gasteiger partial charge on any atom is 0.0457 e. The summed E-state index contributed by atoms with van der Waals surface area (Å²) in [5.41, 5.74) is 4.18. The normalized spacial score (nSPS) is 10.7. The highest BCUT2D eigenvalue weighted by Gasteiger charge is 2.06. The number of H-pyrrole nitrogens is 1. The number of nitrogens with zero attached hydrogens (tertiary/aromatic N) is 1. The first-order chi connectivity index (χ1) is 9.72. The number of pyridine rings is 1. The summed E-state index contributed by atoms with van der Waals surface area (Å²) in [6.45, 7) is 4.08. The van der Waals surface area contributed by atoms with E-state index in [1.165, 1.54) is 5.56 Å². The van der Waals surface area contributed by atoms with Gasteiger partial charge in [0.2, 0.25) is 0 Å². The summed E-state index contributed by atoms with van der Waals surface area (Å²) in [5.74, 6) is 0. The molecule has 3 rings (SSSR count). The molecule has 0 amide bonds. The molecule has 0 radical (unpaired) electrons. The number of aromatic nitrogens is 2. The zero-order chi connectivity index (χ0) is 13.9. The molecule has 0 atom stereocenters. The van der Waals surface area contributed by atoms with E-state index in [-0.39, 0.29) is 0 Å². The number of aromatic amines is 1. The average Bonchev–Trinajstić information content (AvgIpc) is 2.82. The van der Waals surface area contributed by atoms with Gasteiger partial charge >= 0.3 is 0 Å². The lowest BCUT2D eigenvalue weighted by molar-refractivity contribution is 1.17. The van der Waals surface area contributed by atoms with Crippen LogP contribution in [0.4, 0.5) is 5.69 Å². The fourth-order valence-corrected chi connectivity index (χ4v) is 2.38. The molecule has 0 saturated carbocycles. The number of anilines is 1. The van der Waals surface area contributed by atoms with Gasteiger partial charge in [-0.3, -0.25) is 4.98 Å². The van der Waals surface area contributed by atoms with Crippen LogP contribution in [0.25, 0.3) is 10.9 Å². The van der Waals surface area contributed by atoms with Crippen LogP contribution in [-0.4, -0.2) is 9.97 Å². The Hall–Kier alpha value is -2.26. The minimum absolute atomic E-state index is 0.739. The summed E-state index contributed by atoms with van der Waals surface area (Å²) in [4.78, 5) is 7.24. The highest BCUT2D eigenvalue weighted by atomic mass is 35.5. The van der Waals surface area contributed by atoms with Crippen LogP contribution < -0.4 is 5.32 Å². The summed E-state index contributed by atoms with van der Waals surface area (Å²) < 4.78 is 0. The molecule has 3 aromatic rings. The van der Waals surface area contributed by atoms with Gasteiger partial charge in [0.05, 0.1) is 0 Å². The second kappa shape index (κ2) is 5.39. The summed E-state index contributed by atoms with van der Waals surface area (Å²) >= 11 is 6.05. The van der Waals surface area contributed by atoms with Crippen molar-refractivity contribution in [3.8, 4) is 0 Å². The van der Waals surface area contributed by atoms with Crippen molar-refractivity contribution in [3.63, 3.8) is 0 Å². The number of hydrogen-bond donors (Lipinski definition) is 2. The number of benzene rings is 1. The van der Waals surface area contributed by atoms with Crippen LogP contribution in [0.3, 0.4) is 0 Å². The molecule has 2 heterocycles. The Balaban J connectivity index is 1.79. The Kier molecular flexibility index (Phi) is 3.44. The molecule has 3 nitrogen and oxygen atoms in total. The Morgan fingerprint density at radius 3 is 2.85 bits per heavy atom. The third kappa shape index (κ3) is 2.68. The van der Waals surface area contributed by atoms with Crippen LogP contribution in [0, 0.1) is 0 Å². The SMILES string of the molecule is C=C(Cc1c[nH]c2ccc(Cl)cc12)Nc1ccncc1. The van der Waals surface area contributed by atoms with E-state index in [1.54, 1.807) is 12.4 Å². The number of halogens is 1. The first kappa shape index (κ1) is 12.8. The highest BCUT2D eigenvalue weighted by Crippen LogP contribution is 2.24. The molecule has 0 aliphatic rings. The van der Waals surface area contributed by atoms with E-state index < -0.39 is 0 Å². The van der Waals surface area contributed by atoms with E-state index in [0.717, 1.165) is 33.7 Å². The molecule has 0 bridgehead atoms. The van der Waals surface area contributed by atoms with Crippen molar-refractivity contribution in [2.75, 3.05) is 5.32 Å². The number of fused-ring (bicyclic) bond motifs is 1. The minimum atomic E-state index is 0.739. The Labute approximate surface area is 122 Å². The summed E-state index contributed by atoms with van der Waals surface area (Å²) in [6.07, 6.45) is 6.24. The van der Waals surface area contributed by atoms with Crippen molar-refractivity contribution in [1.29, 1.82) is 0 Å². The lowest BCUT2D eigenvalue weighted by atomic mass is 10.1. The van der Waals surface area contributed by atoms with E-state index >= 15 is 0 Å². The maximum atomic E-state index is 6.05. The van der Waals surface area contributed by atoms with Gasteiger partial charge < -0.3 is 10.3 Å². The van der Waals surface area contributed by atoms with Gasteiger partial charge in [0.1, 0.15) is 0 Å². The van der Waals surface area contributed by atoms with Crippen LogP contribution in [0.15, 0.2) is 61.2 Å². The van der Waals surface area contributed by atoms with Gasteiger partial charge in [0.15, 0.2) is 0 Å². The van der Waals surface area contributed by atoms with Crippen molar-refractivity contribution in [2.45, 2.75) is 6.42 Å². The van der Waals surface area contributed by atoms with Gasteiger partial charge in [0, 0.05) is 52.3 Å². The fraction of sp³-hybridized carbons (Fsp3) is 0.0625. The summed E-state index contributed by atoms with van der Waals surface area (Å²) in [7, 11) is 0. The Morgan fingerprint density at radius 2 is 2.05 bits per heavy atom. The number of nitrogens with one attached hydrogen (secondary N) is 2. The quantitative estimate of drug-likeness (QED) is 0.746. The number of allylic oxidation sites excluding steroid dienone is 1. The largest absolute Gasteiger partial charge is 0.361 e. The van der Waals surface area contributed by atoms with E-state index in [1.807, 2.05) is 36.5 Å². The highest BCUT2D eigenvalue weighted by molar-refractivity contribution is 6.31. The van der Waals surface area contributed by atoms with Crippen molar-refractivity contribution in [2.24, 2.45) is 0 Å². The van der Waals surface area contributed by atoms with Gasteiger partial charge in [-0.1, -0.05) is 18.2 Å². The van der Waals surface area contributed by atoms with Gasteiger partial charge in [-0.05, 0) is 35.9 Å². The third-order valence-corrected chi connectivity index (χ3v) is 3.37. The number of hydrogen-bond acceptors (Lipinski definition) is 2. The van der Waals surface area contributed by atoms with Gasteiger partial charge in [-0.15, -0.1) is 0 Å². The molecule has 0 unspecified atom stereocenters. The molecule has 2 N–H and O–H groups in total. The molecule has 0 fully saturated rings. The second-order valence-electron chi connectivity index (χ2n) is 4.65. The van der Waals surface area contributed by atoms with Gasteiger partial charge in [-0.25, -0.2) is 0 Å². The van der Waals surface area contributed by atoms with Crippen molar-refractivity contribution >= 4 is 28.2 Å². The molecule has 100 valence electrons. The molecule has 4 heteroatoms. The topological polar surface area (TPSA) is 40.7 Å². The third-order valence-electron chi connectivity index (χ3n) is 3.13. The van der Waals surface area contributed by atoms with E-state index in [4.69, 9.17) is 11.6 Å². The molecule has 2 aromatic heterocycles. The monoisotopic (exact) mass is 283 g/mol. The summed E-state index contributed by atoms with van der Waals surface area (Å²) in [5, 5.41) is 5.15. The zero-order valence-corrected chi connectivity index (χ0v) is 11.6. The van der Waals surface area contributed by atoms with Crippen molar-refractivity contribution < 1.29 is 0 Å². The van der Waals surface area contributed by atoms with Crippen molar-refractivity contribution in [3.05, 3.63) is 71.8 Å². The van der Waals surface area contributed by atoms with Crippen LogP contribution >= 0.6 is 11.6 Å². The van der Waals surface area contributed by atoms with Crippen LogP contribution in [-0.2, 0) is 6.42 Å². The Morgan fingerprint density at radius 1 is 1.25 bits per heavy atom. The molecular weight excluding hydrogens is 270 g/mol. The second-order valence-corrected chi connectivity index (χ2v) is 5.08. The lowest BCUT2D eigenvalue weighted by Gasteiger charge is -2.08.